The minimum Gasteiger partial charge on any atom is -0.352 e. The van der Waals surface area contributed by atoms with Crippen LogP contribution in [0.5, 0.6) is 0 Å². The molecule has 1 aromatic carbocycles. The zero-order chi connectivity index (χ0) is 19.7. The normalized spacial score (nSPS) is 17.0. The molecule has 1 amide bonds. The van der Waals surface area contributed by atoms with Gasteiger partial charge in [0, 0.05) is 26.2 Å². The second-order valence-corrected chi connectivity index (χ2v) is 7.27. The third-order valence-corrected chi connectivity index (χ3v) is 5.40. The van der Waals surface area contributed by atoms with E-state index < -0.39 is 11.7 Å². The van der Waals surface area contributed by atoms with Gasteiger partial charge in [0.05, 0.1) is 17.7 Å². The van der Waals surface area contributed by atoms with E-state index in [1.54, 1.807) is 4.90 Å². The van der Waals surface area contributed by atoms with Gasteiger partial charge in [-0.05, 0) is 48.6 Å². The number of amides is 1. The van der Waals surface area contributed by atoms with Crippen molar-refractivity contribution in [1.82, 2.24) is 15.1 Å². The smallest absolute Gasteiger partial charge is 0.352 e. The van der Waals surface area contributed by atoms with E-state index in [-0.39, 0.29) is 12.3 Å². The Labute approximate surface area is 161 Å². The van der Waals surface area contributed by atoms with Gasteiger partial charge in [-0.3, -0.25) is 4.79 Å². The molecule has 1 fully saturated rings. The fourth-order valence-electron chi connectivity index (χ4n) is 3.75. The molecule has 28 heavy (non-hydrogen) atoms. The lowest BCUT2D eigenvalue weighted by molar-refractivity contribution is -0.137. The number of fused-ring (bicyclic) bond motifs is 1. The summed E-state index contributed by atoms with van der Waals surface area (Å²) in [5, 5.41) is 8.64. The number of benzene rings is 1. The molecular formula is C20H21F3N4O. The van der Waals surface area contributed by atoms with Crippen LogP contribution in [0.2, 0.25) is 0 Å². The highest BCUT2D eigenvalue weighted by molar-refractivity contribution is 5.79. The summed E-state index contributed by atoms with van der Waals surface area (Å²) in [6.07, 6.45) is -1.09. The van der Waals surface area contributed by atoms with Crippen LogP contribution in [0.15, 0.2) is 30.3 Å². The van der Waals surface area contributed by atoms with Crippen molar-refractivity contribution < 1.29 is 18.0 Å². The topological polar surface area (TPSA) is 49.3 Å². The van der Waals surface area contributed by atoms with Crippen LogP contribution in [0.1, 0.15) is 28.8 Å². The molecule has 1 saturated heterocycles. The van der Waals surface area contributed by atoms with E-state index in [0.29, 0.717) is 31.7 Å². The van der Waals surface area contributed by atoms with Crippen LogP contribution < -0.4 is 4.90 Å². The minimum absolute atomic E-state index is 0.0700. The van der Waals surface area contributed by atoms with Crippen molar-refractivity contribution in [3.05, 3.63) is 52.7 Å². The van der Waals surface area contributed by atoms with Crippen LogP contribution >= 0.6 is 0 Å². The minimum atomic E-state index is -4.36. The first kappa shape index (κ1) is 18.7. The average Bonchev–Trinajstić information content (AvgIpc) is 3.15. The number of alkyl halides is 3. The van der Waals surface area contributed by atoms with Crippen molar-refractivity contribution in [3.8, 4) is 0 Å². The van der Waals surface area contributed by atoms with E-state index in [9.17, 15) is 18.0 Å². The molecule has 4 rings (SSSR count). The summed E-state index contributed by atoms with van der Waals surface area (Å²) in [5.74, 6) is 0.787. The van der Waals surface area contributed by atoms with Crippen LogP contribution in [0, 0.1) is 0 Å². The van der Waals surface area contributed by atoms with Gasteiger partial charge in [0.2, 0.25) is 5.91 Å². The number of carbonyl (C=O) groups excluding carboxylic acids is 1. The molecule has 0 saturated carbocycles. The van der Waals surface area contributed by atoms with Gasteiger partial charge in [-0.25, -0.2) is 0 Å². The molecular weight excluding hydrogens is 369 g/mol. The maximum Gasteiger partial charge on any atom is 0.416 e. The van der Waals surface area contributed by atoms with Crippen LogP contribution in [-0.2, 0) is 30.2 Å². The second kappa shape index (κ2) is 7.41. The average molecular weight is 390 g/mol. The van der Waals surface area contributed by atoms with Crippen molar-refractivity contribution in [2.45, 2.75) is 31.9 Å². The van der Waals surface area contributed by atoms with Gasteiger partial charge in [-0.1, -0.05) is 12.1 Å². The van der Waals surface area contributed by atoms with E-state index in [2.05, 4.69) is 21.2 Å². The Morgan fingerprint density at radius 3 is 2.39 bits per heavy atom. The molecule has 0 spiro atoms. The molecule has 0 N–H and O–H groups in total. The number of aryl methyl sites for hydroxylation is 2. The second-order valence-electron chi connectivity index (χ2n) is 7.27. The predicted molar refractivity (Wildman–Crippen MR) is 98.0 cm³/mol. The Morgan fingerprint density at radius 1 is 1.00 bits per heavy atom. The quantitative estimate of drug-likeness (QED) is 0.809. The summed E-state index contributed by atoms with van der Waals surface area (Å²) >= 11 is 0. The lowest BCUT2D eigenvalue weighted by Gasteiger charge is -2.35. The molecule has 2 heterocycles. The Hall–Kier alpha value is -2.64. The van der Waals surface area contributed by atoms with Crippen molar-refractivity contribution in [2.24, 2.45) is 0 Å². The van der Waals surface area contributed by atoms with Crippen LogP contribution in [0.4, 0.5) is 19.0 Å². The van der Waals surface area contributed by atoms with Gasteiger partial charge >= 0.3 is 6.18 Å². The van der Waals surface area contributed by atoms with Crippen LogP contribution in [0.25, 0.3) is 0 Å². The highest BCUT2D eigenvalue weighted by atomic mass is 19.4. The molecule has 1 aliphatic heterocycles. The summed E-state index contributed by atoms with van der Waals surface area (Å²) in [6.45, 7) is 2.48. The maximum absolute atomic E-state index is 12.6. The molecule has 148 valence electrons. The summed E-state index contributed by atoms with van der Waals surface area (Å²) in [7, 11) is 0. The monoisotopic (exact) mass is 390 g/mol. The summed E-state index contributed by atoms with van der Waals surface area (Å²) in [5.41, 5.74) is 2.25. The molecule has 5 nitrogen and oxygen atoms in total. The van der Waals surface area contributed by atoms with E-state index in [4.69, 9.17) is 0 Å². The van der Waals surface area contributed by atoms with Gasteiger partial charge in [0.1, 0.15) is 0 Å². The zero-order valence-corrected chi connectivity index (χ0v) is 15.4. The molecule has 0 bridgehead atoms. The highest BCUT2D eigenvalue weighted by Gasteiger charge is 2.30. The summed E-state index contributed by atoms with van der Waals surface area (Å²) in [6, 6.07) is 6.89. The number of aromatic nitrogens is 2. The fraction of sp³-hybridized carbons (Fsp3) is 0.450. The third-order valence-electron chi connectivity index (χ3n) is 5.40. The molecule has 8 heteroatoms. The Bertz CT molecular complexity index is 859. The number of nitrogens with zero attached hydrogens (tertiary/aromatic N) is 4. The van der Waals surface area contributed by atoms with Gasteiger partial charge in [0.25, 0.3) is 0 Å². The molecule has 0 unspecified atom stereocenters. The van der Waals surface area contributed by atoms with E-state index in [0.717, 1.165) is 42.9 Å². The fourth-order valence-corrected chi connectivity index (χ4v) is 3.75. The van der Waals surface area contributed by atoms with Gasteiger partial charge < -0.3 is 9.80 Å². The molecule has 1 aliphatic carbocycles. The molecule has 2 aromatic rings. The highest BCUT2D eigenvalue weighted by Crippen LogP contribution is 2.29. The summed E-state index contributed by atoms with van der Waals surface area (Å²) < 4.78 is 37.9. The number of piperazine rings is 1. The Morgan fingerprint density at radius 2 is 1.71 bits per heavy atom. The van der Waals surface area contributed by atoms with E-state index in [1.807, 2.05) is 0 Å². The Kier molecular flexibility index (Phi) is 4.95. The lowest BCUT2D eigenvalue weighted by atomic mass is 10.1. The first-order valence-corrected chi connectivity index (χ1v) is 9.44. The maximum atomic E-state index is 12.6. The van der Waals surface area contributed by atoms with Crippen molar-refractivity contribution >= 4 is 11.7 Å². The van der Waals surface area contributed by atoms with Gasteiger partial charge in [0.15, 0.2) is 5.82 Å². The molecule has 0 atom stereocenters. The number of hydrogen-bond acceptors (Lipinski definition) is 4. The van der Waals surface area contributed by atoms with Gasteiger partial charge in [-0.2, -0.15) is 18.3 Å². The first-order chi connectivity index (χ1) is 13.4. The molecule has 0 radical (unpaired) electrons. The summed E-state index contributed by atoms with van der Waals surface area (Å²) in [4.78, 5) is 16.4. The SMILES string of the molecule is O=C(Cc1ccc(C(F)(F)F)cc1)N1CCN(c2cc3c(nn2)CCC3)CC1. The molecule has 2 aliphatic rings. The molecule has 1 aromatic heterocycles. The zero-order valence-electron chi connectivity index (χ0n) is 15.4. The Balaban J connectivity index is 1.33. The van der Waals surface area contributed by atoms with Crippen molar-refractivity contribution in [2.75, 3.05) is 31.1 Å². The predicted octanol–water partition coefficient (Wildman–Crippen LogP) is 2.88. The largest absolute Gasteiger partial charge is 0.416 e. The van der Waals surface area contributed by atoms with E-state index >= 15 is 0 Å². The number of carbonyl (C=O) groups is 1. The van der Waals surface area contributed by atoms with E-state index in [1.165, 1.54) is 17.7 Å². The van der Waals surface area contributed by atoms with Crippen LogP contribution in [0.3, 0.4) is 0 Å². The number of anilines is 1. The van der Waals surface area contributed by atoms with Crippen molar-refractivity contribution in [1.29, 1.82) is 0 Å². The van der Waals surface area contributed by atoms with Gasteiger partial charge in [-0.15, -0.1) is 5.10 Å². The number of halogens is 3. The van der Waals surface area contributed by atoms with Crippen molar-refractivity contribution in [3.63, 3.8) is 0 Å². The standard InChI is InChI=1S/C20H21F3N4O/c21-20(22,23)16-6-4-14(5-7-16)12-19(28)27-10-8-26(9-11-27)18-13-15-2-1-3-17(15)24-25-18/h4-7,13H,1-3,8-12H2. The lowest BCUT2D eigenvalue weighted by Crippen LogP contribution is -2.49. The number of rotatable bonds is 3. The number of hydrogen-bond donors (Lipinski definition) is 0. The van der Waals surface area contributed by atoms with Crippen LogP contribution in [-0.4, -0.2) is 47.2 Å². The first-order valence-electron chi connectivity index (χ1n) is 9.44. The third kappa shape index (κ3) is 3.95.